The molecule has 2 aromatic carbocycles. The molecule has 1 heterocycles. The number of sulfonamides is 1. The van der Waals surface area contributed by atoms with E-state index in [1.807, 2.05) is 6.07 Å². The largest absolute Gasteiger partial charge is 0.355 e. The number of nitrogens with one attached hydrogen (secondary N) is 2. The summed E-state index contributed by atoms with van der Waals surface area (Å²) in [6.45, 7) is 1.12. The first kappa shape index (κ1) is 21.0. The molecule has 29 heavy (non-hydrogen) atoms. The predicted octanol–water partition coefficient (Wildman–Crippen LogP) is 1.78. The van der Waals surface area contributed by atoms with Crippen LogP contribution in [0.15, 0.2) is 65.6 Å². The van der Waals surface area contributed by atoms with Gasteiger partial charge in [-0.25, -0.2) is 8.42 Å². The van der Waals surface area contributed by atoms with E-state index in [4.69, 9.17) is 0 Å². The normalized spacial score (nSPS) is 17.0. The molecule has 0 bridgehead atoms. The Hall–Kier alpha value is -2.71. The van der Waals surface area contributed by atoms with Gasteiger partial charge >= 0.3 is 0 Å². The summed E-state index contributed by atoms with van der Waals surface area (Å²) in [6.07, 6.45) is 1.71. The van der Waals surface area contributed by atoms with Crippen molar-refractivity contribution in [3.05, 3.63) is 66.2 Å². The average Bonchev–Trinajstić information content (AvgIpc) is 3.25. The molecule has 0 radical (unpaired) electrons. The summed E-state index contributed by atoms with van der Waals surface area (Å²) in [5.41, 5.74) is 0.587. The molecule has 1 saturated heterocycles. The van der Waals surface area contributed by atoms with Crippen molar-refractivity contribution < 1.29 is 18.0 Å². The van der Waals surface area contributed by atoms with E-state index < -0.39 is 16.1 Å². The summed E-state index contributed by atoms with van der Waals surface area (Å²) in [5.74, 6) is -0.454. The molecule has 0 unspecified atom stereocenters. The van der Waals surface area contributed by atoms with Crippen molar-refractivity contribution in [1.29, 1.82) is 0 Å². The second-order valence-corrected chi connectivity index (χ2v) is 8.74. The number of carbonyl (C=O) groups excluding carboxylic acids is 2. The minimum atomic E-state index is -3.69. The lowest BCUT2D eigenvalue weighted by atomic mass is 10.2. The van der Waals surface area contributed by atoms with Gasteiger partial charge in [0.15, 0.2) is 0 Å². The Morgan fingerprint density at radius 3 is 2.24 bits per heavy atom. The van der Waals surface area contributed by atoms with Crippen molar-refractivity contribution in [3.63, 3.8) is 0 Å². The molecule has 2 amide bonds. The smallest absolute Gasteiger partial charge is 0.251 e. The summed E-state index contributed by atoms with van der Waals surface area (Å²) in [7, 11) is -3.69. The first-order valence-electron chi connectivity index (χ1n) is 9.68. The Morgan fingerprint density at radius 2 is 1.55 bits per heavy atom. The quantitative estimate of drug-likeness (QED) is 0.643. The molecule has 2 N–H and O–H groups in total. The van der Waals surface area contributed by atoms with Crippen molar-refractivity contribution in [2.45, 2.75) is 30.2 Å². The van der Waals surface area contributed by atoms with Gasteiger partial charge in [0.05, 0.1) is 4.90 Å². The molecule has 1 fully saturated rings. The van der Waals surface area contributed by atoms with Crippen LogP contribution in [0.4, 0.5) is 0 Å². The molecule has 2 aromatic rings. The number of rotatable bonds is 8. The highest BCUT2D eigenvalue weighted by Crippen LogP contribution is 2.26. The summed E-state index contributed by atoms with van der Waals surface area (Å²) in [5, 5.41) is 5.60. The van der Waals surface area contributed by atoms with Gasteiger partial charge in [-0.05, 0) is 43.5 Å². The monoisotopic (exact) mass is 415 g/mol. The highest BCUT2D eigenvalue weighted by molar-refractivity contribution is 7.89. The zero-order valence-electron chi connectivity index (χ0n) is 16.1. The van der Waals surface area contributed by atoms with Gasteiger partial charge in [-0.15, -0.1) is 0 Å². The molecule has 0 saturated carbocycles. The molecule has 1 atom stereocenters. The van der Waals surface area contributed by atoms with E-state index >= 15 is 0 Å². The fourth-order valence-corrected chi connectivity index (χ4v) is 5.01. The van der Waals surface area contributed by atoms with Crippen LogP contribution in [0.25, 0.3) is 0 Å². The fourth-order valence-electron chi connectivity index (χ4n) is 3.33. The van der Waals surface area contributed by atoms with Crippen LogP contribution in [0, 0.1) is 0 Å². The maximum Gasteiger partial charge on any atom is 0.251 e. The molecule has 154 valence electrons. The summed E-state index contributed by atoms with van der Waals surface area (Å²) < 4.78 is 27.0. The highest BCUT2D eigenvalue weighted by Gasteiger charge is 2.39. The van der Waals surface area contributed by atoms with E-state index in [9.17, 15) is 18.0 Å². The average molecular weight is 416 g/mol. The van der Waals surface area contributed by atoms with E-state index in [-0.39, 0.29) is 16.7 Å². The van der Waals surface area contributed by atoms with Gasteiger partial charge in [0.2, 0.25) is 15.9 Å². The second-order valence-electron chi connectivity index (χ2n) is 6.85. The number of carbonyl (C=O) groups is 2. The van der Waals surface area contributed by atoms with Crippen LogP contribution in [0.1, 0.15) is 29.6 Å². The van der Waals surface area contributed by atoms with Gasteiger partial charge in [-0.3, -0.25) is 9.59 Å². The van der Waals surface area contributed by atoms with Gasteiger partial charge in [0, 0.05) is 25.2 Å². The Labute approximate surface area is 171 Å². The van der Waals surface area contributed by atoms with E-state index in [2.05, 4.69) is 10.6 Å². The first-order chi connectivity index (χ1) is 14.0. The van der Waals surface area contributed by atoms with Gasteiger partial charge < -0.3 is 10.6 Å². The molecule has 0 aliphatic carbocycles. The van der Waals surface area contributed by atoms with Crippen LogP contribution in [-0.2, 0) is 14.8 Å². The molecule has 0 aromatic heterocycles. The Morgan fingerprint density at radius 1 is 0.931 bits per heavy atom. The zero-order chi connectivity index (χ0) is 20.7. The molecule has 8 heteroatoms. The van der Waals surface area contributed by atoms with Crippen molar-refractivity contribution in [1.82, 2.24) is 14.9 Å². The third-order valence-electron chi connectivity index (χ3n) is 4.83. The maximum absolute atomic E-state index is 12.8. The van der Waals surface area contributed by atoms with Crippen molar-refractivity contribution >= 4 is 21.8 Å². The molecule has 1 aliphatic heterocycles. The lowest BCUT2D eigenvalue weighted by molar-refractivity contribution is -0.124. The van der Waals surface area contributed by atoms with Gasteiger partial charge in [0.25, 0.3) is 5.91 Å². The Bertz CT molecular complexity index is 933. The van der Waals surface area contributed by atoms with E-state index in [1.165, 1.54) is 16.4 Å². The van der Waals surface area contributed by atoms with Gasteiger partial charge in [-0.2, -0.15) is 4.31 Å². The standard InChI is InChI=1S/C21H25N3O4S/c25-20(17-9-3-1-4-10-17)22-14-8-15-23-21(26)19-13-7-16-24(19)29(27,28)18-11-5-2-6-12-18/h1-6,9-12,19H,7-8,13-16H2,(H,22,25)(H,23,26)/t19-/m0/s1. The predicted molar refractivity (Wildman–Crippen MR) is 110 cm³/mol. The van der Waals surface area contributed by atoms with E-state index in [0.29, 0.717) is 44.5 Å². The van der Waals surface area contributed by atoms with Crippen LogP contribution >= 0.6 is 0 Å². The number of hydrogen-bond acceptors (Lipinski definition) is 4. The highest BCUT2D eigenvalue weighted by atomic mass is 32.2. The Kier molecular flexibility index (Phi) is 7.00. The summed E-state index contributed by atoms with van der Waals surface area (Å²) in [6, 6.07) is 16.4. The van der Waals surface area contributed by atoms with Crippen LogP contribution in [0.3, 0.4) is 0 Å². The van der Waals surface area contributed by atoms with E-state index in [1.54, 1.807) is 42.5 Å². The second kappa shape index (κ2) is 9.67. The number of amides is 2. The molecule has 1 aliphatic rings. The zero-order valence-corrected chi connectivity index (χ0v) is 16.9. The lowest BCUT2D eigenvalue weighted by Crippen LogP contribution is -2.46. The molecule has 3 rings (SSSR count). The minimum Gasteiger partial charge on any atom is -0.355 e. The lowest BCUT2D eigenvalue weighted by Gasteiger charge is -2.23. The van der Waals surface area contributed by atoms with Gasteiger partial charge in [0.1, 0.15) is 6.04 Å². The van der Waals surface area contributed by atoms with Crippen molar-refractivity contribution in [2.24, 2.45) is 0 Å². The minimum absolute atomic E-state index is 0.159. The summed E-state index contributed by atoms with van der Waals surface area (Å²) >= 11 is 0. The SMILES string of the molecule is O=C(NCCCNC(=O)[C@@H]1CCCN1S(=O)(=O)c1ccccc1)c1ccccc1. The van der Waals surface area contributed by atoms with Crippen LogP contribution in [-0.4, -0.2) is 50.2 Å². The van der Waals surface area contributed by atoms with Crippen molar-refractivity contribution in [3.8, 4) is 0 Å². The van der Waals surface area contributed by atoms with E-state index in [0.717, 1.165) is 0 Å². The third-order valence-corrected chi connectivity index (χ3v) is 6.75. The molecule has 0 spiro atoms. The number of hydrogen-bond donors (Lipinski definition) is 2. The fraction of sp³-hybridized carbons (Fsp3) is 0.333. The van der Waals surface area contributed by atoms with Gasteiger partial charge in [-0.1, -0.05) is 36.4 Å². The molecular formula is C21H25N3O4S. The Balaban J connectivity index is 1.47. The number of nitrogens with zero attached hydrogens (tertiary/aromatic N) is 1. The van der Waals surface area contributed by atoms with Crippen LogP contribution < -0.4 is 10.6 Å². The number of benzene rings is 2. The van der Waals surface area contributed by atoms with Crippen LogP contribution in [0.2, 0.25) is 0 Å². The molecular weight excluding hydrogens is 390 g/mol. The van der Waals surface area contributed by atoms with Crippen molar-refractivity contribution in [2.75, 3.05) is 19.6 Å². The first-order valence-corrected chi connectivity index (χ1v) is 11.1. The molecule has 7 nitrogen and oxygen atoms in total. The maximum atomic E-state index is 12.8. The topological polar surface area (TPSA) is 95.6 Å². The third kappa shape index (κ3) is 5.21. The summed E-state index contributed by atoms with van der Waals surface area (Å²) in [4.78, 5) is 24.7. The van der Waals surface area contributed by atoms with Crippen LogP contribution in [0.5, 0.6) is 0 Å².